The maximum Gasteiger partial charge on any atom is 0.423 e. The summed E-state index contributed by atoms with van der Waals surface area (Å²) in [6, 6.07) is 0. The van der Waals surface area contributed by atoms with Gasteiger partial charge in [-0.2, -0.15) is 39.5 Å². The van der Waals surface area contributed by atoms with Crippen LogP contribution in [-0.2, 0) is 4.74 Å². The molecule has 0 rings (SSSR count). The number of hydrogen-bond donors (Lipinski definition) is 0. The normalized spacial score (nSPS) is 18.0. The first-order chi connectivity index (χ1) is 7.65. The van der Waals surface area contributed by atoms with Crippen LogP contribution in [0.4, 0.5) is 39.5 Å². The first-order valence-electron chi connectivity index (χ1n) is 4.53. The molecule has 18 heavy (non-hydrogen) atoms. The largest absolute Gasteiger partial charge is 0.423 e. The Morgan fingerprint density at radius 3 is 1.33 bits per heavy atom. The second-order valence-corrected chi connectivity index (χ2v) is 3.66. The fraction of sp³-hybridized carbons (Fsp3) is 1.00. The Morgan fingerprint density at radius 2 is 1.17 bits per heavy atom. The van der Waals surface area contributed by atoms with E-state index in [1.54, 1.807) is 0 Å². The number of ether oxygens (including phenoxy) is 1. The average molecular weight is 292 g/mol. The van der Waals surface area contributed by atoms with Crippen molar-refractivity contribution in [3.63, 3.8) is 0 Å². The molecule has 10 heteroatoms. The molecular weight excluding hydrogens is 283 g/mol. The van der Waals surface area contributed by atoms with Crippen LogP contribution in [0.15, 0.2) is 0 Å². The molecule has 0 saturated carbocycles. The fourth-order valence-electron chi connectivity index (χ4n) is 0.930. The maximum atomic E-state index is 12.4. The fourth-order valence-corrected chi connectivity index (χ4v) is 0.930. The lowest BCUT2D eigenvalue weighted by atomic mass is 10.0. The molecule has 0 aromatic rings. The molecule has 0 aliphatic heterocycles. The Bertz CT molecular complexity index is 262. The van der Waals surface area contributed by atoms with Gasteiger partial charge in [-0.15, -0.1) is 0 Å². The van der Waals surface area contributed by atoms with Crippen LogP contribution in [0.25, 0.3) is 0 Å². The van der Waals surface area contributed by atoms with E-state index in [1.807, 2.05) is 0 Å². The van der Waals surface area contributed by atoms with Crippen LogP contribution >= 0.6 is 0 Å². The van der Waals surface area contributed by atoms with Gasteiger partial charge >= 0.3 is 18.5 Å². The van der Waals surface area contributed by atoms with E-state index >= 15 is 0 Å². The second-order valence-electron chi connectivity index (χ2n) is 3.66. The molecule has 0 saturated heterocycles. The van der Waals surface area contributed by atoms with Crippen molar-refractivity contribution in [3.8, 4) is 0 Å². The number of alkyl halides is 9. The molecule has 1 nitrogen and oxygen atoms in total. The van der Waals surface area contributed by atoms with E-state index < -0.39 is 36.7 Å². The van der Waals surface area contributed by atoms with Crippen LogP contribution in [-0.4, -0.2) is 30.2 Å². The summed E-state index contributed by atoms with van der Waals surface area (Å²) in [6.45, 7) is 0.911. The molecule has 1 unspecified atom stereocenters. The highest BCUT2D eigenvalue weighted by molar-refractivity contribution is 4.88. The van der Waals surface area contributed by atoms with Gasteiger partial charge < -0.3 is 4.74 Å². The van der Waals surface area contributed by atoms with Crippen LogP contribution in [0, 0.1) is 0 Å². The molecule has 0 aliphatic rings. The Morgan fingerprint density at radius 1 is 0.833 bits per heavy atom. The first kappa shape index (κ1) is 17.3. The van der Waals surface area contributed by atoms with Gasteiger partial charge in [-0.05, 0) is 13.3 Å². The average Bonchev–Trinajstić information content (AvgIpc) is 2.08. The van der Waals surface area contributed by atoms with Crippen molar-refractivity contribution in [2.75, 3.05) is 0 Å². The molecule has 1 atom stereocenters. The number of halogens is 9. The summed E-state index contributed by atoms with van der Waals surface area (Å²) in [5.74, 6) is 0. The van der Waals surface area contributed by atoms with Gasteiger partial charge in [0, 0.05) is 0 Å². The Balaban J connectivity index is 5.35. The van der Waals surface area contributed by atoms with Crippen LogP contribution < -0.4 is 0 Å². The van der Waals surface area contributed by atoms with Gasteiger partial charge in [0.15, 0.2) is 5.60 Å². The van der Waals surface area contributed by atoms with Gasteiger partial charge in [0.25, 0.3) is 0 Å². The lowest BCUT2D eigenvalue weighted by molar-refractivity contribution is -0.378. The molecule has 0 amide bonds. The quantitative estimate of drug-likeness (QED) is 0.707. The molecular formula is C8H9F9O. The van der Waals surface area contributed by atoms with E-state index in [1.165, 1.54) is 0 Å². The summed E-state index contributed by atoms with van der Waals surface area (Å²) in [5.41, 5.74) is -3.53. The van der Waals surface area contributed by atoms with Gasteiger partial charge in [-0.3, -0.25) is 0 Å². The molecule has 0 bridgehead atoms. The molecule has 0 spiro atoms. The molecule has 0 N–H and O–H groups in total. The van der Waals surface area contributed by atoms with Crippen molar-refractivity contribution in [2.45, 2.75) is 50.5 Å². The highest BCUT2D eigenvalue weighted by Crippen LogP contribution is 2.43. The van der Waals surface area contributed by atoms with Gasteiger partial charge in [-0.1, -0.05) is 6.92 Å². The standard InChI is InChI=1S/C8H9F9O/c1-3-5(2,8(15,16)17)18-4(6(9,10)11)7(12,13)14/h4H,3H2,1-2H3. The SMILES string of the molecule is CCC(C)(OC(C(F)(F)F)C(F)(F)F)C(F)(F)F. The summed E-state index contributed by atoms with van der Waals surface area (Å²) < 4.78 is 113. The zero-order valence-corrected chi connectivity index (χ0v) is 9.09. The monoisotopic (exact) mass is 292 g/mol. The van der Waals surface area contributed by atoms with Gasteiger partial charge in [0.05, 0.1) is 0 Å². The Labute approximate surface area is 95.9 Å². The zero-order chi connectivity index (χ0) is 15.0. The van der Waals surface area contributed by atoms with Crippen molar-refractivity contribution in [1.29, 1.82) is 0 Å². The Hall–Kier alpha value is -0.670. The van der Waals surface area contributed by atoms with Gasteiger partial charge in [0.1, 0.15) is 0 Å². The van der Waals surface area contributed by atoms with Crippen LogP contribution in [0.3, 0.4) is 0 Å². The first-order valence-corrected chi connectivity index (χ1v) is 4.53. The van der Waals surface area contributed by atoms with Crippen molar-refractivity contribution in [1.82, 2.24) is 0 Å². The molecule has 0 aromatic heterocycles. The summed E-state index contributed by atoms with van der Waals surface area (Å²) >= 11 is 0. The number of hydrogen-bond acceptors (Lipinski definition) is 1. The highest BCUT2D eigenvalue weighted by atomic mass is 19.4. The topological polar surface area (TPSA) is 9.23 Å². The zero-order valence-electron chi connectivity index (χ0n) is 9.09. The van der Waals surface area contributed by atoms with Crippen molar-refractivity contribution < 1.29 is 44.3 Å². The van der Waals surface area contributed by atoms with E-state index in [0.29, 0.717) is 0 Å². The van der Waals surface area contributed by atoms with Crippen molar-refractivity contribution >= 4 is 0 Å². The van der Waals surface area contributed by atoms with E-state index in [9.17, 15) is 39.5 Å². The molecule has 0 aliphatic carbocycles. The minimum absolute atomic E-state index is 0.136. The van der Waals surface area contributed by atoms with Crippen LogP contribution in [0.1, 0.15) is 20.3 Å². The third-order valence-electron chi connectivity index (χ3n) is 2.25. The van der Waals surface area contributed by atoms with Crippen LogP contribution in [0.2, 0.25) is 0 Å². The summed E-state index contributed by atoms with van der Waals surface area (Å²) in [6.07, 6.45) is -22.9. The van der Waals surface area contributed by atoms with E-state index in [0.717, 1.165) is 6.92 Å². The predicted molar refractivity (Wildman–Crippen MR) is 41.7 cm³/mol. The van der Waals surface area contributed by atoms with Gasteiger partial charge in [0.2, 0.25) is 6.10 Å². The van der Waals surface area contributed by atoms with E-state index in [-0.39, 0.29) is 6.92 Å². The maximum absolute atomic E-state index is 12.4. The third kappa shape index (κ3) is 3.92. The molecule has 0 aromatic carbocycles. The minimum atomic E-state index is -5.97. The molecule has 0 heterocycles. The van der Waals surface area contributed by atoms with Crippen molar-refractivity contribution in [2.24, 2.45) is 0 Å². The summed E-state index contributed by atoms with van der Waals surface area (Å²) in [7, 11) is 0. The lowest BCUT2D eigenvalue weighted by Crippen LogP contribution is -2.54. The van der Waals surface area contributed by atoms with E-state index in [2.05, 4.69) is 4.74 Å². The Kier molecular flexibility index (Phi) is 4.60. The smallest absolute Gasteiger partial charge is 0.345 e. The summed E-state index contributed by atoms with van der Waals surface area (Å²) in [4.78, 5) is 0. The molecule has 0 fully saturated rings. The lowest BCUT2D eigenvalue weighted by Gasteiger charge is -2.36. The molecule has 110 valence electrons. The third-order valence-corrected chi connectivity index (χ3v) is 2.25. The van der Waals surface area contributed by atoms with E-state index in [4.69, 9.17) is 0 Å². The van der Waals surface area contributed by atoms with Gasteiger partial charge in [-0.25, -0.2) is 0 Å². The highest BCUT2D eigenvalue weighted by Gasteiger charge is 2.64. The predicted octanol–water partition coefficient (Wildman–Crippen LogP) is 4.23. The minimum Gasteiger partial charge on any atom is -0.345 e. The second kappa shape index (κ2) is 4.78. The number of rotatable bonds is 3. The van der Waals surface area contributed by atoms with Crippen molar-refractivity contribution in [3.05, 3.63) is 0 Å². The van der Waals surface area contributed by atoms with Crippen LogP contribution in [0.5, 0.6) is 0 Å². The summed E-state index contributed by atoms with van der Waals surface area (Å²) in [5, 5.41) is 0. The molecule has 0 radical (unpaired) electrons.